The summed E-state index contributed by atoms with van der Waals surface area (Å²) >= 11 is 6.12. The molecule has 3 aromatic carbocycles. The summed E-state index contributed by atoms with van der Waals surface area (Å²) in [4.78, 5) is 4.10. The fraction of sp³-hybridized carbons (Fsp3) is 0.296. The predicted molar refractivity (Wildman–Crippen MR) is 144 cm³/mol. The lowest BCUT2D eigenvalue weighted by molar-refractivity contribution is 0.0172. The monoisotopic (exact) mass is 565 g/mol. The van der Waals surface area contributed by atoms with Crippen molar-refractivity contribution in [3.05, 3.63) is 82.6 Å². The smallest absolute Gasteiger partial charge is 0.270 e. The summed E-state index contributed by atoms with van der Waals surface area (Å²) in [5, 5.41) is 3.32. The molecule has 0 saturated carbocycles. The number of anilines is 2. The molecule has 11 heteroatoms. The van der Waals surface area contributed by atoms with Crippen LogP contribution < -0.4 is 14.4 Å². The van der Waals surface area contributed by atoms with Crippen molar-refractivity contribution in [2.45, 2.75) is 44.2 Å². The maximum absolute atomic E-state index is 14.2. The van der Waals surface area contributed by atoms with E-state index in [1.54, 1.807) is 24.3 Å². The molecule has 0 amide bonds. The molecule has 0 radical (unpaired) electrons. The van der Waals surface area contributed by atoms with E-state index in [1.165, 1.54) is 30.3 Å². The maximum Gasteiger partial charge on any atom is 0.270 e. The van der Waals surface area contributed by atoms with Crippen LogP contribution in [-0.2, 0) is 22.5 Å². The molecule has 1 heterocycles. The van der Waals surface area contributed by atoms with Gasteiger partial charge in [-0.2, -0.15) is 0 Å². The molecule has 6 nitrogen and oxygen atoms in total. The van der Waals surface area contributed by atoms with Crippen LogP contribution in [0.4, 0.5) is 24.5 Å². The number of hydrogen-bond donors (Lipinski definition) is 1. The molecule has 1 unspecified atom stereocenters. The average Bonchev–Trinajstić information content (AvgIpc) is 2.86. The quantitative estimate of drug-likeness (QED) is 0.311. The highest BCUT2D eigenvalue weighted by molar-refractivity contribution is 7.92. The normalized spacial score (nSPS) is 15.4. The van der Waals surface area contributed by atoms with Crippen molar-refractivity contribution < 1.29 is 26.3 Å². The number of nitrogens with zero attached hydrogens (tertiary/aromatic N) is 2. The fourth-order valence-corrected chi connectivity index (χ4v) is 5.75. The maximum atomic E-state index is 14.2. The van der Waals surface area contributed by atoms with Crippen LogP contribution in [0.5, 0.6) is 5.75 Å². The van der Waals surface area contributed by atoms with Gasteiger partial charge < -0.3 is 10.1 Å². The molecule has 1 aliphatic heterocycles. The zero-order chi connectivity index (χ0) is 27.7. The third-order valence-corrected chi connectivity index (χ3v) is 8.09. The average molecular weight is 566 g/mol. The Hall–Kier alpha value is -3.24. The van der Waals surface area contributed by atoms with Crippen LogP contribution in [0.15, 0.2) is 70.6 Å². The van der Waals surface area contributed by atoms with Gasteiger partial charge in [0.25, 0.3) is 15.9 Å². The lowest BCUT2D eigenvalue weighted by atomic mass is 10.1. The van der Waals surface area contributed by atoms with Crippen LogP contribution in [0.2, 0.25) is 5.02 Å². The molecular formula is C27H27ClF3N3O3S. The fourth-order valence-electron chi connectivity index (χ4n) is 3.98. The Morgan fingerprint density at radius 3 is 2.58 bits per heavy atom. The van der Waals surface area contributed by atoms with E-state index in [0.29, 0.717) is 18.4 Å². The first kappa shape index (κ1) is 27.8. The van der Waals surface area contributed by atoms with Gasteiger partial charge in [-0.15, -0.1) is 0 Å². The summed E-state index contributed by atoms with van der Waals surface area (Å²) < 4.78 is 77.0. The number of aliphatic imine (C=N–C) groups is 1. The Labute approximate surface area is 225 Å². The molecule has 0 fully saturated rings. The number of halogens is 4. The van der Waals surface area contributed by atoms with Gasteiger partial charge in [-0.05, 0) is 56.3 Å². The molecule has 1 atom stereocenters. The first-order chi connectivity index (χ1) is 17.9. The standard InChI is InChI=1S/C27H27ClF3N3O3S/c1-17(2)32-14-20-16-34(38(35,36)21-7-4-6-18(12-21)27(3,30)31)25-13-19(10-11-26(25)37-20)33-15-22-23(28)8-5-9-24(22)29/h4-13,20,33H,14-16H2,1-3H3. The van der Waals surface area contributed by atoms with Crippen LogP contribution >= 0.6 is 11.6 Å². The molecule has 38 heavy (non-hydrogen) atoms. The second-order valence-electron chi connectivity index (χ2n) is 9.22. The topological polar surface area (TPSA) is 71.0 Å². The molecule has 1 N–H and O–H groups in total. The molecule has 3 aromatic rings. The largest absolute Gasteiger partial charge is 0.484 e. The molecular weight excluding hydrogens is 539 g/mol. The number of ether oxygens (including phenoxy) is 1. The van der Waals surface area contributed by atoms with Crippen molar-refractivity contribution in [2.24, 2.45) is 4.99 Å². The Kier molecular flexibility index (Phi) is 7.94. The highest BCUT2D eigenvalue weighted by atomic mass is 35.5. The SMILES string of the molecule is CC(C)=NCC1CN(S(=O)(=O)c2cccc(C(C)(F)F)c2)c2cc(NCc3c(F)cccc3Cl)ccc2O1. The number of alkyl halides is 2. The summed E-state index contributed by atoms with van der Waals surface area (Å²) in [7, 11) is -4.26. The van der Waals surface area contributed by atoms with Crippen molar-refractivity contribution in [1.82, 2.24) is 0 Å². The first-order valence-corrected chi connectivity index (χ1v) is 13.6. The van der Waals surface area contributed by atoms with E-state index in [9.17, 15) is 21.6 Å². The number of hydrogen-bond acceptors (Lipinski definition) is 5. The highest BCUT2D eigenvalue weighted by Crippen LogP contribution is 2.40. The van der Waals surface area contributed by atoms with Gasteiger partial charge in [0.15, 0.2) is 0 Å². The lowest BCUT2D eigenvalue weighted by Crippen LogP contribution is -2.45. The van der Waals surface area contributed by atoms with E-state index in [1.807, 2.05) is 13.8 Å². The third-order valence-electron chi connectivity index (χ3n) is 5.96. The number of rotatable bonds is 8. The summed E-state index contributed by atoms with van der Waals surface area (Å²) in [6.07, 6.45) is -0.598. The Balaban J connectivity index is 1.72. The second kappa shape index (κ2) is 10.9. The number of fused-ring (bicyclic) bond motifs is 1. The van der Waals surface area contributed by atoms with Gasteiger partial charge in [0, 0.05) is 41.0 Å². The minimum absolute atomic E-state index is 0.0542. The Morgan fingerprint density at radius 1 is 1.16 bits per heavy atom. The van der Waals surface area contributed by atoms with Gasteiger partial charge >= 0.3 is 0 Å². The van der Waals surface area contributed by atoms with Gasteiger partial charge in [0.05, 0.1) is 23.7 Å². The molecule has 0 aromatic heterocycles. The number of sulfonamides is 1. The summed E-state index contributed by atoms with van der Waals surface area (Å²) in [5.74, 6) is -3.40. The molecule has 0 aliphatic carbocycles. The zero-order valence-corrected chi connectivity index (χ0v) is 22.6. The molecule has 0 bridgehead atoms. The molecule has 1 aliphatic rings. The van der Waals surface area contributed by atoms with Crippen LogP contribution in [-0.4, -0.2) is 33.3 Å². The number of nitrogens with one attached hydrogen (secondary N) is 1. The lowest BCUT2D eigenvalue weighted by Gasteiger charge is -2.35. The highest BCUT2D eigenvalue weighted by Gasteiger charge is 2.36. The Bertz CT molecular complexity index is 1450. The van der Waals surface area contributed by atoms with E-state index in [-0.39, 0.29) is 40.8 Å². The van der Waals surface area contributed by atoms with Gasteiger partial charge in [0.1, 0.15) is 17.7 Å². The van der Waals surface area contributed by atoms with Crippen LogP contribution in [0.25, 0.3) is 0 Å². The van der Waals surface area contributed by atoms with Crippen molar-refractivity contribution in [3.63, 3.8) is 0 Å². The molecule has 202 valence electrons. The van der Waals surface area contributed by atoms with Crippen LogP contribution in [0.3, 0.4) is 0 Å². The van der Waals surface area contributed by atoms with Gasteiger partial charge in [-0.3, -0.25) is 9.30 Å². The third kappa shape index (κ3) is 6.07. The van der Waals surface area contributed by atoms with Crippen molar-refractivity contribution in [3.8, 4) is 5.75 Å². The first-order valence-electron chi connectivity index (χ1n) is 11.8. The van der Waals surface area contributed by atoms with E-state index < -0.39 is 33.4 Å². The zero-order valence-electron chi connectivity index (χ0n) is 21.0. The van der Waals surface area contributed by atoms with Crippen LogP contribution in [0.1, 0.15) is 31.9 Å². The summed E-state index contributed by atoms with van der Waals surface area (Å²) in [5.41, 5.74) is 1.36. The number of benzene rings is 3. The minimum atomic E-state index is -4.26. The van der Waals surface area contributed by atoms with E-state index in [0.717, 1.165) is 16.1 Å². The van der Waals surface area contributed by atoms with Gasteiger partial charge in [-0.25, -0.2) is 21.6 Å². The molecule has 0 saturated heterocycles. The van der Waals surface area contributed by atoms with Crippen molar-refractivity contribution in [1.29, 1.82) is 0 Å². The molecule has 4 rings (SSSR count). The summed E-state index contributed by atoms with van der Waals surface area (Å²) in [6, 6.07) is 14.0. The van der Waals surface area contributed by atoms with Crippen molar-refractivity contribution >= 4 is 38.7 Å². The molecule has 0 spiro atoms. The second-order valence-corrected chi connectivity index (χ2v) is 11.5. The van der Waals surface area contributed by atoms with Gasteiger partial charge in [0.2, 0.25) is 0 Å². The summed E-state index contributed by atoms with van der Waals surface area (Å²) in [6.45, 7) is 4.54. The van der Waals surface area contributed by atoms with E-state index in [4.69, 9.17) is 16.3 Å². The Morgan fingerprint density at radius 2 is 1.89 bits per heavy atom. The minimum Gasteiger partial charge on any atom is -0.484 e. The van der Waals surface area contributed by atoms with Crippen molar-refractivity contribution in [2.75, 3.05) is 22.7 Å². The predicted octanol–water partition coefficient (Wildman–Crippen LogP) is 6.64. The van der Waals surface area contributed by atoms with Crippen LogP contribution in [0, 0.1) is 5.82 Å². The van der Waals surface area contributed by atoms with E-state index >= 15 is 0 Å². The van der Waals surface area contributed by atoms with Gasteiger partial charge in [-0.1, -0.05) is 29.8 Å². The van der Waals surface area contributed by atoms with E-state index in [2.05, 4.69) is 10.3 Å².